The summed E-state index contributed by atoms with van der Waals surface area (Å²) < 4.78 is 1.75. The van der Waals surface area contributed by atoms with Crippen LogP contribution in [0.2, 0.25) is 0 Å². The second-order valence-electron chi connectivity index (χ2n) is 3.49. The Morgan fingerprint density at radius 2 is 2.40 bits per heavy atom. The molecule has 84 valence electrons. The van der Waals surface area contributed by atoms with Gasteiger partial charge in [0.15, 0.2) is 0 Å². The Kier molecular flexibility index (Phi) is 4.30. The third-order valence-corrected chi connectivity index (χ3v) is 2.17. The minimum atomic E-state index is -0.0349. The van der Waals surface area contributed by atoms with E-state index in [2.05, 4.69) is 10.4 Å². The second-order valence-corrected chi connectivity index (χ2v) is 3.49. The summed E-state index contributed by atoms with van der Waals surface area (Å²) in [5.41, 5.74) is 2.06. The van der Waals surface area contributed by atoms with E-state index in [0.29, 0.717) is 19.4 Å². The average Bonchev–Trinajstić information content (AvgIpc) is 2.51. The van der Waals surface area contributed by atoms with E-state index in [1.54, 1.807) is 4.68 Å². The first-order valence-corrected chi connectivity index (χ1v) is 5.00. The molecule has 0 saturated carbocycles. The number of hydrogen-bond donors (Lipinski definition) is 2. The van der Waals surface area contributed by atoms with Crippen molar-refractivity contribution in [3.8, 4) is 0 Å². The molecule has 1 rings (SSSR count). The maximum Gasteiger partial charge on any atom is 0.220 e. The van der Waals surface area contributed by atoms with Crippen LogP contribution in [0.5, 0.6) is 0 Å². The number of amides is 1. The molecule has 0 fully saturated rings. The van der Waals surface area contributed by atoms with Crippen molar-refractivity contribution in [1.82, 2.24) is 15.1 Å². The SMILES string of the molecule is Cc1nn(C)cc1CCC(=O)NCCO. The molecule has 2 N–H and O–H groups in total. The average molecular weight is 211 g/mol. The van der Waals surface area contributed by atoms with Gasteiger partial charge >= 0.3 is 0 Å². The number of carbonyl (C=O) groups excluding carboxylic acids is 1. The molecule has 0 spiro atoms. The molecule has 5 nitrogen and oxygen atoms in total. The van der Waals surface area contributed by atoms with Crippen molar-refractivity contribution in [2.75, 3.05) is 13.2 Å². The Hall–Kier alpha value is -1.36. The van der Waals surface area contributed by atoms with Gasteiger partial charge in [-0.25, -0.2) is 0 Å². The van der Waals surface area contributed by atoms with Gasteiger partial charge in [0.2, 0.25) is 5.91 Å². The van der Waals surface area contributed by atoms with Crippen LogP contribution in [0.25, 0.3) is 0 Å². The molecule has 0 aliphatic rings. The lowest BCUT2D eigenvalue weighted by atomic mass is 10.1. The second kappa shape index (κ2) is 5.50. The van der Waals surface area contributed by atoms with E-state index in [-0.39, 0.29) is 12.5 Å². The number of aliphatic hydroxyl groups excluding tert-OH is 1. The molecule has 0 atom stereocenters. The lowest BCUT2D eigenvalue weighted by molar-refractivity contribution is -0.121. The van der Waals surface area contributed by atoms with Crippen LogP contribution in [-0.4, -0.2) is 33.9 Å². The van der Waals surface area contributed by atoms with Gasteiger partial charge in [-0.1, -0.05) is 0 Å². The predicted molar refractivity (Wildman–Crippen MR) is 56.4 cm³/mol. The van der Waals surface area contributed by atoms with Crippen molar-refractivity contribution in [2.24, 2.45) is 7.05 Å². The molecule has 1 heterocycles. The molecule has 0 aromatic carbocycles. The van der Waals surface area contributed by atoms with E-state index in [1.165, 1.54) is 0 Å². The van der Waals surface area contributed by atoms with Gasteiger partial charge in [0.25, 0.3) is 0 Å². The zero-order valence-electron chi connectivity index (χ0n) is 9.16. The zero-order valence-corrected chi connectivity index (χ0v) is 9.16. The fourth-order valence-electron chi connectivity index (χ4n) is 1.43. The van der Waals surface area contributed by atoms with Gasteiger partial charge < -0.3 is 10.4 Å². The number of hydrogen-bond acceptors (Lipinski definition) is 3. The Labute approximate surface area is 89.1 Å². The fraction of sp³-hybridized carbons (Fsp3) is 0.600. The predicted octanol–water partition coefficient (Wildman–Crippen LogP) is -0.230. The third-order valence-electron chi connectivity index (χ3n) is 2.17. The van der Waals surface area contributed by atoms with Crippen LogP contribution in [-0.2, 0) is 18.3 Å². The van der Waals surface area contributed by atoms with E-state index in [1.807, 2.05) is 20.2 Å². The number of aryl methyl sites for hydroxylation is 3. The molecule has 0 aliphatic carbocycles. The van der Waals surface area contributed by atoms with Crippen molar-refractivity contribution < 1.29 is 9.90 Å². The van der Waals surface area contributed by atoms with Crippen molar-refractivity contribution in [3.63, 3.8) is 0 Å². The molecular formula is C10H17N3O2. The van der Waals surface area contributed by atoms with Gasteiger partial charge in [-0.2, -0.15) is 5.10 Å². The highest BCUT2D eigenvalue weighted by Crippen LogP contribution is 2.07. The van der Waals surface area contributed by atoms with E-state index < -0.39 is 0 Å². The molecule has 0 bridgehead atoms. The monoisotopic (exact) mass is 211 g/mol. The third kappa shape index (κ3) is 3.71. The summed E-state index contributed by atoms with van der Waals surface area (Å²) in [5.74, 6) is -0.0349. The van der Waals surface area contributed by atoms with Gasteiger partial charge in [-0.15, -0.1) is 0 Å². The molecule has 1 aromatic rings. The summed E-state index contributed by atoms with van der Waals surface area (Å²) in [5, 5.41) is 15.3. The number of rotatable bonds is 5. The highest BCUT2D eigenvalue weighted by molar-refractivity contribution is 5.76. The van der Waals surface area contributed by atoms with Crippen molar-refractivity contribution in [2.45, 2.75) is 19.8 Å². The summed E-state index contributed by atoms with van der Waals surface area (Å²) in [6.45, 7) is 2.24. The summed E-state index contributed by atoms with van der Waals surface area (Å²) in [6, 6.07) is 0. The van der Waals surface area contributed by atoms with Crippen LogP contribution < -0.4 is 5.32 Å². The highest BCUT2D eigenvalue weighted by atomic mass is 16.3. The maximum absolute atomic E-state index is 11.2. The first-order valence-electron chi connectivity index (χ1n) is 5.00. The van der Waals surface area contributed by atoms with Crippen molar-refractivity contribution in [3.05, 3.63) is 17.5 Å². The van der Waals surface area contributed by atoms with Gasteiger partial charge in [-0.05, 0) is 18.9 Å². The van der Waals surface area contributed by atoms with Crippen molar-refractivity contribution >= 4 is 5.91 Å². The van der Waals surface area contributed by atoms with Gasteiger partial charge in [-0.3, -0.25) is 9.48 Å². The number of nitrogens with one attached hydrogen (secondary N) is 1. The van der Waals surface area contributed by atoms with Gasteiger partial charge in [0.1, 0.15) is 0 Å². The van der Waals surface area contributed by atoms with Crippen molar-refractivity contribution in [1.29, 1.82) is 0 Å². The minimum absolute atomic E-state index is 0.0162. The number of aliphatic hydroxyl groups is 1. The van der Waals surface area contributed by atoms with Crippen LogP contribution >= 0.6 is 0 Å². The van der Waals surface area contributed by atoms with Crippen LogP contribution in [0.3, 0.4) is 0 Å². The molecule has 1 aromatic heterocycles. The summed E-state index contributed by atoms with van der Waals surface area (Å²) in [6.07, 6.45) is 3.05. The zero-order chi connectivity index (χ0) is 11.3. The Bertz CT molecular complexity index is 333. The van der Waals surface area contributed by atoms with Gasteiger partial charge in [0.05, 0.1) is 12.3 Å². The summed E-state index contributed by atoms with van der Waals surface area (Å²) >= 11 is 0. The molecule has 0 saturated heterocycles. The quantitative estimate of drug-likeness (QED) is 0.707. The van der Waals surface area contributed by atoms with Crippen LogP contribution in [0.4, 0.5) is 0 Å². The molecular weight excluding hydrogens is 194 g/mol. The van der Waals surface area contributed by atoms with E-state index in [0.717, 1.165) is 11.3 Å². The first kappa shape index (κ1) is 11.7. The molecule has 1 amide bonds. The van der Waals surface area contributed by atoms with E-state index in [4.69, 9.17) is 5.11 Å². The van der Waals surface area contributed by atoms with E-state index >= 15 is 0 Å². The molecule has 0 aliphatic heterocycles. The molecule has 5 heteroatoms. The maximum atomic E-state index is 11.2. The standard InChI is InChI=1S/C10H17N3O2/c1-8-9(7-13(2)12-8)3-4-10(15)11-5-6-14/h7,14H,3-6H2,1-2H3,(H,11,15). The molecule has 15 heavy (non-hydrogen) atoms. The van der Waals surface area contributed by atoms with Crippen LogP contribution in [0.15, 0.2) is 6.20 Å². The van der Waals surface area contributed by atoms with Crippen LogP contribution in [0.1, 0.15) is 17.7 Å². The first-order chi connectivity index (χ1) is 7.13. The largest absolute Gasteiger partial charge is 0.395 e. The number of carbonyl (C=O) groups is 1. The molecule has 0 unspecified atom stereocenters. The summed E-state index contributed by atoms with van der Waals surface area (Å²) in [4.78, 5) is 11.2. The Morgan fingerprint density at radius 1 is 1.67 bits per heavy atom. The number of aromatic nitrogens is 2. The summed E-state index contributed by atoms with van der Waals surface area (Å²) in [7, 11) is 1.86. The molecule has 0 radical (unpaired) electrons. The number of nitrogens with zero attached hydrogens (tertiary/aromatic N) is 2. The van der Waals surface area contributed by atoms with E-state index in [9.17, 15) is 4.79 Å². The lowest BCUT2D eigenvalue weighted by Crippen LogP contribution is -2.26. The normalized spacial score (nSPS) is 10.3. The van der Waals surface area contributed by atoms with Crippen LogP contribution in [0, 0.1) is 6.92 Å². The minimum Gasteiger partial charge on any atom is -0.395 e. The Balaban J connectivity index is 2.36. The smallest absolute Gasteiger partial charge is 0.220 e. The fourth-order valence-corrected chi connectivity index (χ4v) is 1.43. The lowest BCUT2D eigenvalue weighted by Gasteiger charge is -2.01. The highest BCUT2D eigenvalue weighted by Gasteiger charge is 2.06. The topological polar surface area (TPSA) is 67.2 Å². The van der Waals surface area contributed by atoms with Gasteiger partial charge in [0, 0.05) is 26.2 Å². The Morgan fingerprint density at radius 3 is 2.93 bits per heavy atom.